The molecule has 0 aliphatic carbocycles. The molecule has 0 aromatic heterocycles. The van der Waals surface area contributed by atoms with Gasteiger partial charge in [0.25, 0.3) is 0 Å². The molecule has 1 aliphatic heterocycles. The van der Waals surface area contributed by atoms with E-state index in [-0.39, 0.29) is 18.0 Å². The number of anilines is 1. The first kappa shape index (κ1) is 19.1. The van der Waals surface area contributed by atoms with Gasteiger partial charge in [-0.1, -0.05) is 0 Å². The van der Waals surface area contributed by atoms with Crippen molar-refractivity contribution in [2.75, 3.05) is 25.1 Å². The third-order valence-electron chi connectivity index (χ3n) is 4.19. The van der Waals surface area contributed by atoms with Crippen LogP contribution < -0.4 is 14.4 Å². The van der Waals surface area contributed by atoms with E-state index < -0.39 is 28.0 Å². The van der Waals surface area contributed by atoms with E-state index in [1.807, 2.05) is 0 Å². The topological polar surface area (TPSA) is 84.9 Å². The first-order valence-electron chi connectivity index (χ1n) is 8.18. The van der Waals surface area contributed by atoms with Gasteiger partial charge in [0.05, 0.1) is 18.6 Å². The molecule has 144 valence electrons. The number of hydrogen-bond acceptors (Lipinski definition) is 5. The van der Waals surface area contributed by atoms with E-state index in [9.17, 15) is 17.6 Å². The normalized spacial score (nSPS) is 17.1. The number of hydrogen-bond donors (Lipinski definition) is 1. The summed E-state index contributed by atoms with van der Waals surface area (Å²) >= 11 is 0. The zero-order chi connectivity index (χ0) is 19.6. The number of nitrogens with one attached hydrogen (secondary N) is 1. The molecule has 1 fully saturated rings. The van der Waals surface area contributed by atoms with Gasteiger partial charge >= 0.3 is 6.09 Å². The van der Waals surface area contributed by atoms with Crippen molar-refractivity contribution >= 4 is 21.8 Å². The van der Waals surface area contributed by atoms with Gasteiger partial charge in [-0.2, -0.15) is 0 Å². The number of sulfonamides is 1. The Bertz CT molecular complexity index is 947. The first-order valence-corrected chi connectivity index (χ1v) is 9.66. The van der Waals surface area contributed by atoms with Crippen LogP contribution in [0.1, 0.15) is 5.56 Å². The highest BCUT2D eigenvalue weighted by molar-refractivity contribution is 7.89. The van der Waals surface area contributed by atoms with Gasteiger partial charge in [-0.3, -0.25) is 4.90 Å². The lowest BCUT2D eigenvalue weighted by molar-refractivity contribution is 0.143. The highest BCUT2D eigenvalue weighted by Crippen LogP contribution is 2.24. The summed E-state index contributed by atoms with van der Waals surface area (Å²) < 4.78 is 50.8. The van der Waals surface area contributed by atoms with Crippen LogP contribution in [-0.2, 0) is 14.8 Å². The van der Waals surface area contributed by atoms with E-state index in [1.165, 1.54) is 17.9 Å². The molecule has 3 rings (SSSR count). The van der Waals surface area contributed by atoms with Crippen molar-refractivity contribution in [2.45, 2.75) is 17.9 Å². The van der Waals surface area contributed by atoms with Gasteiger partial charge in [0, 0.05) is 12.2 Å². The molecule has 2 aromatic rings. The molecular formula is C18H19FN2O5S. The maximum Gasteiger partial charge on any atom is 0.414 e. The predicted molar refractivity (Wildman–Crippen MR) is 96.9 cm³/mol. The smallest absolute Gasteiger partial charge is 0.414 e. The Labute approximate surface area is 156 Å². The summed E-state index contributed by atoms with van der Waals surface area (Å²) in [6.07, 6.45) is -1.20. The van der Waals surface area contributed by atoms with E-state index >= 15 is 0 Å². The fourth-order valence-electron chi connectivity index (χ4n) is 2.80. The van der Waals surface area contributed by atoms with E-state index in [0.717, 1.165) is 12.1 Å². The van der Waals surface area contributed by atoms with Crippen molar-refractivity contribution in [1.29, 1.82) is 0 Å². The number of nitrogens with zero attached hydrogens (tertiary/aromatic N) is 1. The number of amides is 1. The van der Waals surface area contributed by atoms with Gasteiger partial charge in [-0.15, -0.1) is 0 Å². The van der Waals surface area contributed by atoms with E-state index in [4.69, 9.17) is 9.47 Å². The molecule has 2 aromatic carbocycles. The molecule has 1 unspecified atom stereocenters. The van der Waals surface area contributed by atoms with E-state index in [0.29, 0.717) is 17.0 Å². The maximum atomic E-state index is 13.2. The number of aryl methyl sites for hydroxylation is 1. The van der Waals surface area contributed by atoms with Crippen LogP contribution in [0.15, 0.2) is 47.4 Å². The van der Waals surface area contributed by atoms with Gasteiger partial charge in [0.1, 0.15) is 17.7 Å². The molecule has 1 atom stereocenters. The number of methoxy groups -OCH3 is 1. The standard InChI is InChI=1S/C18H19FN2O5S/c1-12-9-13(19)3-8-17(12)27(23,24)20-10-16-11-21(18(22)26-16)14-4-6-15(25-2)7-5-14/h3-9,16,20H,10-11H2,1-2H3. The highest BCUT2D eigenvalue weighted by atomic mass is 32.2. The second-order valence-electron chi connectivity index (χ2n) is 6.08. The summed E-state index contributed by atoms with van der Waals surface area (Å²) in [5.74, 6) is 0.150. The van der Waals surface area contributed by atoms with Gasteiger partial charge in [-0.05, 0) is 55.0 Å². The number of carbonyl (C=O) groups is 1. The van der Waals surface area contributed by atoms with Crippen LogP contribution in [0.25, 0.3) is 0 Å². The lowest BCUT2D eigenvalue weighted by Crippen LogP contribution is -2.35. The molecule has 1 N–H and O–H groups in total. The summed E-state index contributed by atoms with van der Waals surface area (Å²) in [5, 5.41) is 0. The summed E-state index contributed by atoms with van der Waals surface area (Å²) in [7, 11) is -2.30. The number of halogens is 1. The van der Waals surface area contributed by atoms with Crippen molar-refractivity contribution < 1.29 is 27.1 Å². The first-order chi connectivity index (χ1) is 12.8. The minimum absolute atomic E-state index is 0.0137. The van der Waals surface area contributed by atoms with Crippen molar-refractivity contribution in [1.82, 2.24) is 4.72 Å². The average Bonchev–Trinajstić information content (AvgIpc) is 3.01. The second kappa shape index (κ2) is 7.53. The fourth-order valence-corrected chi connectivity index (χ4v) is 4.09. The van der Waals surface area contributed by atoms with Crippen LogP contribution in [0, 0.1) is 12.7 Å². The third-order valence-corrected chi connectivity index (χ3v) is 5.77. The summed E-state index contributed by atoms with van der Waals surface area (Å²) in [4.78, 5) is 13.5. The summed E-state index contributed by atoms with van der Waals surface area (Å²) in [5.41, 5.74) is 0.923. The molecule has 1 heterocycles. The fraction of sp³-hybridized carbons (Fsp3) is 0.278. The molecular weight excluding hydrogens is 375 g/mol. The Hall–Kier alpha value is -2.65. The zero-order valence-electron chi connectivity index (χ0n) is 14.8. The lowest BCUT2D eigenvalue weighted by Gasteiger charge is -2.14. The molecule has 27 heavy (non-hydrogen) atoms. The minimum Gasteiger partial charge on any atom is -0.497 e. The average molecular weight is 394 g/mol. The monoisotopic (exact) mass is 394 g/mol. The van der Waals surface area contributed by atoms with Crippen LogP contribution in [0.4, 0.5) is 14.9 Å². The van der Waals surface area contributed by atoms with Crippen LogP contribution in [0.5, 0.6) is 5.75 Å². The molecule has 1 aliphatic rings. The van der Waals surface area contributed by atoms with Gasteiger partial charge in [0.15, 0.2) is 0 Å². The van der Waals surface area contributed by atoms with Crippen LogP contribution >= 0.6 is 0 Å². The molecule has 1 amide bonds. The summed E-state index contributed by atoms with van der Waals surface area (Å²) in [6.45, 7) is 1.63. The third kappa shape index (κ3) is 4.20. The Kier molecular flexibility index (Phi) is 5.33. The second-order valence-corrected chi connectivity index (χ2v) is 7.81. The molecule has 0 radical (unpaired) electrons. The molecule has 1 saturated heterocycles. The Morgan fingerprint density at radius 1 is 1.26 bits per heavy atom. The Morgan fingerprint density at radius 3 is 2.59 bits per heavy atom. The lowest BCUT2D eigenvalue weighted by atomic mass is 10.2. The molecule has 9 heteroatoms. The summed E-state index contributed by atoms with van der Waals surface area (Å²) in [6, 6.07) is 10.3. The van der Waals surface area contributed by atoms with E-state index in [1.54, 1.807) is 31.4 Å². The quantitative estimate of drug-likeness (QED) is 0.814. The molecule has 7 nitrogen and oxygen atoms in total. The number of cyclic esters (lactones) is 1. The van der Waals surface area contributed by atoms with Crippen molar-refractivity contribution in [3.05, 3.63) is 53.8 Å². The van der Waals surface area contributed by atoms with Crippen LogP contribution in [0.3, 0.4) is 0 Å². The zero-order valence-corrected chi connectivity index (χ0v) is 15.6. The van der Waals surface area contributed by atoms with Gasteiger partial charge < -0.3 is 9.47 Å². The number of carbonyl (C=O) groups excluding carboxylic acids is 1. The molecule has 0 spiro atoms. The Morgan fingerprint density at radius 2 is 1.96 bits per heavy atom. The van der Waals surface area contributed by atoms with Crippen molar-refractivity contribution in [3.63, 3.8) is 0 Å². The van der Waals surface area contributed by atoms with Crippen LogP contribution in [-0.4, -0.2) is 40.8 Å². The van der Waals surface area contributed by atoms with Crippen molar-refractivity contribution in [2.24, 2.45) is 0 Å². The minimum atomic E-state index is -3.85. The van der Waals surface area contributed by atoms with Crippen molar-refractivity contribution in [3.8, 4) is 5.75 Å². The maximum absolute atomic E-state index is 13.2. The number of rotatable bonds is 6. The van der Waals surface area contributed by atoms with E-state index in [2.05, 4.69) is 4.72 Å². The number of ether oxygens (including phenoxy) is 2. The molecule has 0 saturated carbocycles. The van der Waals surface area contributed by atoms with Gasteiger partial charge in [0.2, 0.25) is 10.0 Å². The molecule has 0 bridgehead atoms. The Balaban J connectivity index is 1.65. The number of benzene rings is 2. The van der Waals surface area contributed by atoms with Gasteiger partial charge in [-0.25, -0.2) is 22.3 Å². The predicted octanol–water partition coefficient (Wildman–Crippen LogP) is 2.45. The largest absolute Gasteiger partial charge is 0.497 e. The SMILES string of the molecule is COc1ccc(N2CC(CNS(=O)(=O)c3ccc(F)cc3C)OC2=O)cc1. The highest BCUT2D eigenvalue weighted by Gasteiger charge is 2.33. The van der Waals surface area contributed by atoms with Crippen LogP contribution in [0.2, 0.25) is 0 Å².